The summed E-state index contributed by atoms with van der Waals surface area (Å²) < 4.78 is 5.22. The van der Waals surface area contributed by atoms with Gasteiger partial charge in [0.1, 0.15) is 5.75 Å². The molecule has 0 spiro atoms. The minimum Gasteiger partial charge on any atom is -0.495 e. The number of anilines is 1. The summed E-state index contributed by atoms with van der Waals surface area (Å²) in [6.45, 7) is 11.7. The standard InChI is InChI=1S/C14H17NO3.C2H6/c1-5-15(9-10(2)3)12-7-6-11(14(16)17)8-13(12)18-4;1-2/h5-9H,1H2,2-4H3,(H,16,17);1-2H3. The van der Waals surface area contributed by atoms with Gasteiger partial charge in [0.25, 0.3) is 0 Å². The monoisotopic (exact) mass is 277 g/mol. The molecule has 0 aromatic heterocycles. The van der Waals surface area contributed by atoms with E-state index in [-0.39, 0.29) is 5.56 Å². The Morgan fingerprint density at radius 2 is 1.95 bits per heavy atom. The third-order valence-electron chi connectivity index (χ3n) is 2.30. The first-order valence-electron chi connectivity index (χ1n) is 6.47. The number of carbonyl (C=O) groups is 1. The van der Waals surface area contributed by atoms with Gasteiger partial charge in [-0.1, -0.05) is 26.0 Å². The second-order valence-corrected chi connectivity index (χ2v) is 3.99. The Kier molecular flexibility index (Phi) is 7.82. The molecule has 0 aliphatic carbocycles. The van der Waals surface area contributed by atoms with Gasteiger partial charge in [-0.3, -0.25) is 0 Å². The van der Waals surface area contributed by atoms with Crippen molar-refractivity contribution in [2.24, 2.45) is 0 Å². The molecule has 1 aromatic rings. The number of benzene rings is 1. The molecule has 0 aliphatic heterocycles. The summed E-state index contributed by atoms with van der Waals surface area (Å²) in [6, 6.07) is 4.73. The van der Waals surface area contributed by atoms with Crippen LogP contribution in [-0.2, 0) is 0 Å². The van der Waals surface area contributed by atoms with Crippen LogP contribution < -0.4 is 9.64 Å². The summed E-state index contributed by atoms with van der Waals surface area (Å²) >= 11 is 0. The van der Waals surface area contributed by atoms with E-state index in [1.807, 2.05) is 33.9 Å². The van der Waals surface area contributed by atoms with E-state index in [9.17, 15) is 4.79 Å². The van der Waals surface area contributed by atoms with Crippen LogP contribution >= 0.6 is 0 Å². The lowest BCUT2D eigenvalue weighted by Crippen LogP contribution is -2.09. The number of aromatic carboxylic acids is 1. The molecule has 0 bridgehead atoms. The van der Waals surface area contributed by atoms with E-state index in [2.05, 4.69) is 6.58 Å². The second-order valence-electron chi connectivity index (χ2n) is 3.99. The Balaban J connectivity index is 0.00000172. The molecule has 1 rings (SSSR count). The van der Waals surface area contributed by atoms with Crippen LogP contribution in [0.15, 0.2) is 42.8 Å². The molecule has 0 fully saturated rings. The van der Waals surface area contributed by atoms with Crippen LogP contribution in [0.25, 0.3) is 0 Å². The van der Waals surface area contributed by atoms with Gasteiger partial charge in [-0.05, 0) is 32.0 Å². The van der Waals surface area contributed by atoms with Crippen molar-refractivity contribution < 1.29 is 14.6 Å². The number of ether oxygens (including phenoxy) is 1. The number of carboxylic acids is 1. The lowest BCUT2D eigenvalue weighted by Gasteiger charge is -2.19. The number of nitrogens with zero attached hydrogens (tertiary/aromatic N) is 1. The molecule has 1 aromatic carbocycles. The first kappa shape index (κ1) is 17.8. The summed E-state index contributed by atoms with van der Waals surface area (Å²) in [5.41, 5.74) is 2.04. The maximum absolute atomic E-state index is 10.9. The smallest absolute Gasteiger partial charge is 0.335 e. The van der Waals surface area contributed by atoms with E-state index < -0.39 is 5.97 Å². The number of allylic oxidation sites excluding steroid dienone is 1. The normalized spacial score (nSPS) is 8.85. The zero-order valence-corrected chi connectivity index (χ0v) is 12.8. The number of hydrogen-bond donors (Lipinski definition) is 1. The fourth-order valence-electron chi connectivity index (χ4n) is 1.52. The molecule has 0 saturated carbocycles. The van der Waals surface area contributed by atoms with Crippen LogP contribution in [0.2, 0.25) is 0 Å². The van der Waals surface area contributed by atoms with E-state index in [1.165, 1.54) is 19.2 Å². The van der Waals surface area contributed by atoms with E-state index in [0.717, 1.165) is 11.3 Å². The molecule has 4 nitrogen and oxygen atoms in total. The molecule has 0 radical (unpaired) electrons. The topological polar surface area (TPSA) is 49.8 Å². The summed E-state index contributed by atoms with van der Waals surface area (Å²) in [4.78, 5) is 12.7. The average Bonchev–Trinajstić information content (AvgIpc) is 2.46. The van der Waals surface area contributed by atoms with Gasteiger partial charge >= 0.3 is 5.97 Å². The first-order valence-corrected chi connectivity index (χ1v) is 6.47. The van der Waals surface area contributed by atoms with Crippen molar-refractivity contribution in [3.63, 3.8) is 0 Å². The van der Waals surface area contributed by atoms with Gasteiger partial charge in [0.2, 0.25) is 0 Å². The Bertz CT molecular complexity index is 488. The number of methoxy groups -OCH3 is 1. The van der Waals surface area contributed by atoms with Crippen LogP contribution in [0.4, 0.5) is 5.69 Å². The number of carboxylic acid groups (broad SMARTS) is 1. The number of rotatable bonds is 5. The zero-order valence-electron chi connectivity index (χ0n) is 12.8. The van der Waals surface area contributed by atoms with Crippen molar-refractivity contribution in [2.45, 2.75) is 27.7 Å². The summed E-state index contributed by atoms with van der Waals surface area (Å²) in [7, 11) is 1.51. The molecule has 0 saturated heterocycles. The molecule has 0 aliphatic rings. The highest BCUT2D eigenvalue weighted by molar-refractivity contribution is 5.89. The second kappa shape index (κ2) is 8.80. The van der Waals surface area contributed by atoms with Gasteiger partial charge < -0.3 is 14.7 Å². The van der Waals surface area contributed by atoms with Gasteiger partial charge in [0.15, 0.2) is 0 Å². The van der Waals surface area contributed by atoms with Crippen LogP contribution in [0, 0.1) is 0 Å². The number of hydrogen-bond acceptors (Lipinski definition) is 3. The highest BCUT2D eigenvalue weighted by atomic mass is 16.5. The van der Waals surface area contributed by atoms with Gasteiger partial charge in [-0.15, -0.1) is 0 Å². The molecule has 0 heterocycles. The predicted molar refractivity (Wildman–Crippen MR) is 83.4 cm³/mol. The van der Waals surface area contributed by atoms with Crippen molar-refractivity contribution in [3.05, 3.63) is 48.3 Å². The lowest BCUT2D eigenvalue weighted by molar-refractivity contribution is 0.0696. The van der Waals surface area contributed by atoms with Gasteiger partial charge in [0.05, 0.1) is 18.4 Å². The third-order valence-corrected chi connectivity index (χ3v) is 2.30. The van der Waals surface area contributed by atoms with Crippen molar-refractivity contribution in [2.75, 3.05) is 12.0 Å². The summed E-state index contributed by atoms with van der Waals surface area (Å²) in [6.07, 6.45) is 3.54. The Labute approximate surface area is 121 Å². The van der Waals surface area contributed by atoms with Gasteiger partial charge in [-0.25, -0.2) is 4.79 Å². The van der Waals surface area contributed by atoms with Crippen LogP contribution in [0.3, 0.4) is 0 Å². The van der Waals surface area contributed by atoms with E-state index in [1.54, 1.807) is 17.2 Å². The maximum atomic E-state index is 10.9. The SMILES string of the molecule is C=CN(C=C(C)C)c1ccc(C(=O)O)cc1OC.CC. The van der Waals surface area contributed by atoms with Crippen LogP contribution in [0.5, 0.6) is 5.75 Å². The highest BCUT2D eigenvalue weighted by Gasteiger charge is 2.11. The molecule has 110 valence electrons. The van der Waals surface area contributed by atoms with Crippen molar-refractivity contribution >= 4 is 11.7 Å². The zero-order chi connectivity index (χ0) is 15.7. The molecule has 0 unspecified atom stereocenters. The molecule has 1 N–H and O–H groups in total. The van der Waals surface area contributed by atoms with Crippen LogP contribution in [-0.4, -0.2) is 18.2 Å². The minimum absolute atomic E-state index is 0.191. The molecular formula is C16H23NO3. The molecule has 4 heteroatoms. The van der Waals surface area contributed by atoms with Gasteiger partial charge in [-0.2, -0.15) is 0 Å². The van der Waals surface area contributed by atoms with Crippen molar-refractivity contribution in [1.29, 1.82) is 0 Å². The third kappa shape index (κ3) is 4.80. The fourth-order valence-corrected chi connectivity index (χ4v) is 1.52. The van der Waals surface area contributed by atoms with Gasteiger partial charge in [0, 0.05) is 12.4 Å². The van der Waals surface area contributed by atoms with Crippen molar-refractivity contribution in [3.8, 4) is 5.75 Å². The van der Waals surface area contributed by atoms with E-state index in [0.29, 0.717) is 5.75 Å². The van der Waals surface area contributed by atoms with Crippen LogP contribution in [0.1, 0.15) is 38.1 Å². The quantitative estimate of drug-likeness (QED) is 0.872. The Morgan fingerprint density at radius 3 is 2.35 bits per heavy atom. The molecular weight excluding hydrogens is 254 g/mol. The van der Waals surface area contributed by atoms with E-state index >= 15 is 0 Å². The Hall–Kier alpha value is -2.23. The maximum Gasteiger partial charge on any atom is 0.335 e. The molecule has 20 heavy (non-hydrogen) atoms. The predicted octanol–water partition coefficient (Wildman–Crippen LogP) is 4.29. The molecule has 0 amide bonds. The highest BCUT2D eigenvalue weighted by Crippen LogP contribution is 2.30. The first-order chi connectivity index (χ1) is 9.49. The minimum atomic E-state index is -0.979. The fraction of sp³-hybridized carbons (Fsp3) is 0.312. The summed E-state index contributed by atoms with van der Waals surface area (Å²) in [5, 5.41) is 8.94. The summed E-state index contributed by atoms with van der Waals surface area (Å²) in [5.74, 6) is -0.487. The lowest BCUT2D eigenvalue weighted by atomic mass is 10.1. The average molecular weight is 277 g/mol. The Morgan fingerprint density at radius 1 is 1.35 bits per heavy atom. The largest absolute Gasteiger partial charge is 0.495 e. The van der Waals surface area contributed by atoms with E-state index in [4.69, 9.17) is 9.84 Å². The van der Waals surface area contributed by atoms with Crippen molar-refractivity contribution in [1.82, 2.24) is 0 Å². The molecule has 0 atom stereocenters.